The molecule has 0 heterocycles. The third-order valence-electron chi connectivity index (χ3n) is 1.84. The van der Waals surface area contributed by atoms with Crippen LogP contribution in [0.5, 0.6) is 5.75 Å². The normalized spacial score (nSPS) is 11.4. The molecule has 1 rings (SSSR count). The Morgan fingerprint density at radius 1 is 1.25 bits per heavy atom. The maximum absolute atomic E-state index is 5.04. The molecule has 2 heteroatoms. The van der Waals surface area contributed by atoms with Gasteiger partial charge in [0.2, 0.25) is 0 Å². The van der Waals surface area contributed by atoms with E-state index in [9.17, 15) is 0 Å². The second-order valence-electron chi connectivity index (χ2n) is 2.54. The predicted molar refractivity (Wildman–Crippen MR) is 51.1 cm³/mol. The SMILES string of the molecule is CN=C(C)c1ccc(OC)cc1. The van der Waals surface area contributed by atoms with Crippen molar-refractivity contribution < 1.29 is 4.74 Å². The van der Waals surface area contributed by atoms with E-state index in [1.165, 1.54) is 0 Å². The van der Waals surface area contributed by atoms with Gasteiger partial charge < -0.3 is 4.74 Å². The van der Waals surface area contributed by atoms with Crippen LogP contribution in [0.1, 0.15) is 12.5 Å². The summed E-state index contributed by atoms with van der Waals surface area (Å²) < 4.78 is 5.04. The molecule has 1 aromatic carbocycles. The molecule has 0 unspecified atom stereocenters. The van der Waals surface area contributed by atoms with Gasteiger partial charge in [-0.25, -0.2) is 0 Å². The van der Waals surface area contributed by atoms with Gasteiger partial charge in [-0.05, 0) is 36.8 Å². The van der Waals surface area contributed by atoms with Crippen molar-refractivity contribution >= 4 is 5.71 Å². The lowest BCUT2D eigenvalue weighted by Crippen LogP contribution is -1.93. The van der Waals surface area contributed by atoms with Crippen LogP contribution in [-0.2, 0) is 0 Å². The van der Waals surface area contributed by atoms with Gasteiger partial charge in [-0.2, -0.15) is 0 Å². The van der Waals surface area contributed by atoms with Crippen LogP contribution >= 0.6 is 0 Å². The highest BCUT2D eigenvalue weighted by atomic mass is 16.5. The summed E-state index contributed by atoms with van der Waals surface area (Å²) in [5.74, 6) is 0.877. The van der Waals surface area contributed by atoms with Crippen molar-refractivity contribution in [3.05, 3.63) is 29.8 Å². The van der Waals surface area contributed by atoms with Gasteiger partial charge in [0.05, 0.1) is 7.11 Å². The summed E-state index contributed by atoms with van der Waals surface area (Å²) >= 11 is 0. The molecular weight excluding hydrogens is 150 g/mol. The van der Waals surface area contributed by atoms with Crippen molar-refractivity contribution in [1.29, 1.82) is 0 Å². The fraction of sp³-hybridized carbons (Fsp3) is 0.300. The smallest absolute Gasteiger partial charge is 0.118 e. The van der Waals surface area contributed by atoms with E-state index in [1.807, 2.05) is 31.2 Å². The molecule has 0 spiro atoms. The van der Waals surface area contributed by atoms with Gasteiger partial charge in [-0.15, -0.1) is 0 Å². The largest absolute Gasteiger partial charge is 0.497 e. The molecule has 1 aromatic rings. The van der Waals surface area contributed by atoms with Crippen molar-refractivity contribution in [3.8, 4) is 5.75 Å². The highest BCUT2D eigenvalue weighted by molar-refractivity contribution is 5.98. The van der Waals surface area contributed by atoms with Gasteiger partial charge in [0.15, 0.2) is 0 Å². The van der Waals surface area contributed by atoms with Gasteiger partial charge in [0.25, 0.3) is 0 Å². The summed E-state index contributed by atoms with van der Waals surface area (Å²) in [6.45, 7) is 1.99. The highest BCUT2D eigenvalue weighted by Gasteiger charge is 1.95. The maximum Gasteiger partial charge on any atom is 0.118 e. The lowest BCUT2D eigenvalue weighted by Gasteiger charge is -2.01. The quantitative estimate of drug-likeness (QED) is 0.612. The molecule has 0 fully saturated rings. The van der Waals surface area contributed by atoms with E-state index in [-0.39, 0.29) is 0 Å². The first-order chi connectivity index (χ1) is 5.77. The Bertz CT molecular complexity index is 274. The summed E-state index contributed by atoms with van der Waals surface area (Å²) in [4.78, 5) is 4.09. The number of rotatable bonds is 2. The van der Waals surface area contributed by atoms with E-state index < -0.39 is 0 Å². The number of nitrogens with zero attached hydrogens (tertiary/aromatic N) is 1. The minimum absolute atomic E-state index is 0.877. The van der Waals surface area contributed by atoms with E-state index in [1.54, 1.807) is 14.2 Å². The maximum atomic E-state index is 5.04. The zero-order valence-corrected chi connectivity index (χ0v) is 7.66. The van der Waals surface area contributed by atoms with E-state index in [2.05, 4.69) is 4.99 Å². The Balaban J connectivity index is 2.92. The van der Waals surface area contributed by atoms with Crippen LogP contribution in [0, 0.1) is 0 Å². The van der Waals surface area contributed by atoms with Crippen molar-refractivity contribution in [2.45, 2.75) is 6.92 Å². The van der Waals surface area contributed by atoms with Crippen LogP contribution < -0.4 is 4.74 Å². The molecule has 0 N–H and O–H groups in total. The molecule has 2 nitrogen and oxygen atoms in total. The molecule has 0 saturated carbocycles. The zero-order chi connectivity index (χ0) is 8.97. The molecule has 0 aliphatic heterocycles. The number of methoxy groups -OCH3 is 1. The van der Waals surface area contributed by atoms with Gasteiger partial charge in [-0.1, -0.05) is 0 Å². The molecule has 12 heavy (non-hydrogen) atoms. The number of aliphatic imine (C=N–C) groups is 1. The first kappa shape index (κ1) is 8.78. The summed E-state index contributed by atoms with van der Waals surface area (Å²) in [5.41, 5.74) is 2.18. The van der Waals surface area contributed by atoms with E-state index in [4.69, 9.17) is 4.74 Å². The van der Waals surface area contributed by atoms with Crippen LogP contribution in [0.3, 0.4) is 0 Å². The Labute approximate surface area is 72.9 Å². The number of benzene rings is 1. The number of ether oxygens (including phenoxy) is 1. The van der Waals surface area contributed by atoms with Crippen LogP contribution in [0.4, 0.5) is 0 Å². The summed E-state index contributed by atoms with van der Waals surface area (Å²) in [7, 11) is 3.45. The minimum atomic E-state index is 0.877. The Morgan fingerprint density at radius 3 is 2.25 bits per heavy atom. The first-order valence-electron chi connectivity index (χ1n) is 3.85. The molecule has 0 aliphatic rings. The molecule has 0 aromatic heterocycles. The molecule has 0 bridgehead atoms. The van der Waals surface area contributed by atoms with Gasteiger partial charge in [-0.3, -0.25) is 4.99 Å². The summed E-state index contributed by atoms with van der Waals surface area (Å²) in [6.07, 6.45) is 0. The van der Waals surface area contributed by atoms with Crippen molar-refractivity contribution in [3.63, 3.8) is 0 Å². The summed E-state index contributed by atoms with van der Waals surface area (Å²) in [5, 5.41) is 0. The molecule has 0 amide bonds. The monoisotopic (exact) mass is 163 g/mol. The molecule has 0 saturated heterocycles. The lowest BCUT2D eigenvalue weighted by molar-refractivity contribution is 0.415. The highest BCUT2D eigenvalue weighted by Crippen LogP contribution is 2.11. The second-order valence-corrected chi connectivity index (χ2v) is 2.54. The molecular formula is C10H13NO. The minimum Gasteiger partial charge on any atom is -0.497 e. The van der Waals surface area contributed by atoms with Crippen molar-refractivity contribution in [2.24, 2.45) is 4.99 Å². The fourth-order valence-corrected chi connectivity index (χ4v) is 0.961. The first-order valence-corrected chi connectivity index (χ1v) is 3.85. The zero-order valence-electron chi connectivity index (χ0n) is 7.66. The average Bonchev–Trinajstić information content (AvgIpc) is 2.17. The number of hydrogen-bond donors (Lipinski definition) is 0. The van der Waals surface area contributed by atoms with Gasteiger partial charge in [0.1, 0.15) is 5.75 Å². The Kier molecular flexibility index (Phi) is 2.86. The van der Waals surface area contributed by atoms with E-state index in [0.29, 0.717) is 0 Å². The van der Waals surface area contributed by atoms with Crippen LogP contribution in [0.15, 0.2) is 29.3 Å². The lowest BCUT2D eigenvalue weighted by atomic mass is 10.1. The third-order valence-corrected chi connectivity index (χ3v) is 1.84. The Morgan fingerprint density at radius 2 is 1.83 bits per heavy atom. The van der Waals surface area contributed by atoms with Gasteiger partial charge >= 0.3 is 0 Å². The van der Waals surface area contributed by atoms with Crippen LogP contribution in [0.2, 0.25) is 0 Å². The predicted octanol–water partition coefficient (Wildman–Crippen LogP) is 2.13. The third kappa shape index (κ3) is 1.84. The molecule has 0 atom stereocenters. The molecule has 64 valence electrons. The van der Waals surface area contributed by atoms with Crippen LogP contribution in [0.25, 0.3) is 0 Å². The van der Waals surface area contributed by atoms with Crippen molar-refractivity contribution in [1.82, 2.24) is 0 Å². The molecule has 0 radical (unpaired) electrons. The number of hydrogen-bond acceptors (Lipinski definition) is 2. The van der Waals surface area contributed by atoms with E-state index in [0.717, 1.165) is 17.0 Å². The molecule has 0 aliphatic carbocycles. The van der Waals surface area contributed by atoms with E-state index >= 15 is 0 Å². The second kappa shape index (κ2) is 3.90. The topological polar surface area (TPSA) is 21.6 Å². The summed E-state index contributed by atoms with van der Waals surface area (Å²) in [6, 6.07) is 7.87. The van der Waals surface area contributed by atoms with Crippen LogP contribution in [-0.4, -0.2) is 19.9 Å². The van der Waals surface area contributed by atoms with Crippen molar-refractivity contribution in [2.75, 3.05) is 14.2 Å². The Hall–Kier alpha value is -1.31. The standard InChI is InChI=1S/C10H13NO/c1-8(11-2)9-4-6-10(12-3)7-5-9/h4-7H,1-3H3. The van der Waals surface area contributed by atoms with Gasteiger partial charge in [0, 0.05) is 12.8 Å². The average molecular weight is 163 g/mol. The fourth-order valence-electron chi connectivity index (χ4n) is 0.961.